The van der Waals surface area contributed by atoms with Crippen molar-refractivity contribution in [1.82, 2.24) is 0 Å². The molecule has 2 heterocycles. The minimum atomic E-state index is -0.717. The van der Waals surface area contributed by atoms with Crippen molar-refractivity contribution >= 4 is 11.8 Å². The van der Waals surface area contributed by atoms with E-state index in [0.717, 1.165) is 41.8 Å². The molecule has 2 aromatic rings. The van der Waals surface area contributed by atoms with Crippen molar-refractivity contribution in [3.63, 3.8) is 0 Å². The molecule has 26 heavy (non-hydrogen) atoms. The molecule has 2 aliphatic heterocycles. The van der Waals surface area contributed by atoms with Gasteiger partial charge in [0, 0.05) is 12.1 Å². The van der Waals surface area contributed by atoms with Gasteiger partial charge in [-0.25, -0.2) is 0 Å². The Balaban J connectivity index is 1.39. The van der Waals surface area contributed by atoms with E-state index in [4.69, 9.17) is 19.9 Å². The van der Waals surface area contributed by atoms with Gasteiger partial charge < -0.3 is 19.9 Å². The van der Waals surface area contributed by atoms with Gasteiger partial charge in [-0.1, -0.05) is 42.5 Å². The van der Waals surface area contributed by atoms with Gasteiger partial charge >= 0.3 is 0 Å². The fourth-order valence-corrected chi connectivity index (χ4v) is 3.30. The highest BCUT2D eigenvalue weighted by Crippen LogP contribution is 2.38. The van der Waals surface area contributed by atoms with Crippen LogP contribution >= 0.6 is 0 Å². The first-order chi connectivity index (χ1) is 12.7. The van der Waals surface area contributed by atoms with Crippen LogP contribution in [0.3, 0.4) is 0 Å². The zero-order valence-corrected chi connectivity index (χ0v) is 14.6. The summed E-state index contributed by atoms with van der Waals surface area (Å²) >= 11 is 0. The number of anilines is 1. The third-order valence-corrected chi connectivity index (χ3v) is 4.59. The van der Waals surface area contributed by atoms with Crippen LogP contribution in [0, 0.1) is 0 Å². The van der Waals surface area contributed by atoms with Crippen LogP contribution in [0.1, 0.15) is 30.4 Å². The van der Waals surface area contributed by atoms with E-state index in [0.29, 0.717) is 6.61 Å². The molecule has 2 unspecified atom stereocenters. The Morgan fingerprint density at radius 2 is 2.04 bits per heavy atom. The lowest BCUT2D eigenvalue weighted by Gasteiger charge is -2.36. The van der Waals surface area contributed by atoms with Gasteiger partial charge in [0.1, 0.15) is 5.76 Å². The van der Waals surface area contributed by atoms with Crippen molar-refractivity contribution in [3.8, 4) is 0 Å². The number of nitrogens with two attached hydrogens (primary N) is 1. The smallest absolute Gasteiger partial charge is 0.233 e. The monoisotopic (exact) mass is 349 g/mol. The molecule has 1 spiro atoms. The predicted octanol–water partition coefficient (Wildman–Crippen LogP) is 4.64. The molecule has 0 saturated carbocycles. The molecule has 2 N–H and O–H groups in total. The van der Waals surface area contributed by atoms with Gasteiger partial charge in [-0.05, 0) is 54.3 Å². The van der Waals surface area contributed by atoms with Crippen molar-refractivity contribution in [2.75, 3.05) is 5.73 Å². The number of nitrogen functional groups attached to an aromatic ring is 1. The number of allylic oxidation sites excluding steroid dienone is 1. The summed E-state index contributed by atoms with van der Waals surface area (Å²) in [5, 5.41) is 0. The number of hydrogen-bond acceptors (Lipinski definition) is 4. The largest absolute Gasteiger partial charge is 0.459 e. The van der Waals surface area contributed by atoms with Crippen molar-refractivity contribution in [1.29, 1.82) is 0 Å². The summed E-state index contributed by atoms with van der Waals surface area (Å²) < 4.78 is 18.2. The van der Waals surface area contributed by atoms with Gasteiger partial charge in [0.05, 0.1) is 6.61 Å². The molecule has 4 heteroatoms. The summed E-state index contributed by atoms with van der Waals surface area (Å²) in [4.78, 5) is 0. The predicted molar refractivity (Wildman–Crippen MR) is 102 cm³/mol. The first-order valence-corrected chi connectivity index (χ1v) is 9.00. The average molecular weight is 349 g/mol. The zero-order valence-electron chi connectivity index (χ0n) is 14.6. The summed E-state index contributed by atoms with van der Waals surface area (Å²) in [6.45, 7) is 0.539. The third-order valence-electron chi connectivity index (χ3n) is 4.59. The van der Waals surface area contributed by atoms with E-state index in [2.05, 4.69) is 12.1 Å². The van der Waals surface area contributed by atoms with E-state index in [-0.39, 0.29) is 6.29 Å². The minimum Gasteiger partial charge on any atom is -0.459 e. The highest BCUT2D eigenvalue weighted by Gasteiger charge is 2.40. The summed E-state index contributed by atoms with van der Waals surface area (Å²) in [5.74, 6) is 0.0606. The van der Waals surface area contributed by atoms with Crippen LogP contribution in [0.5, 0.6) is 0 Å². The molecule has 2 aromatic carbocycles. The second kappa shape index (κ2) is 7.36. The zero-order chi connectivity index (χ0) is 17.8. The molecule has 0 radical (unpaired) electrons. The molecule has 0 bridgehead atoms. The molecule has 134 valence electrons. The fraction of sp³-hybridized carbons (Fsp3) is 0.273. The third kappa shape index (κ3) is 3.98. The Labute approximate surface area is 153 Å². The molecule has 1 saturated heterocycles. The van der Waals surface area contributed by atoms with Crippen LogP contribution in [0.15, 0.2) is 72.5 Å². The van der Waals surface area contributed by atoms with E-state index in [1.54, 1.807) is 0 Å². The second-order valence-electron chi connectivity index (χ2n) is 6.70. The first-order valence-electron chi connectivity index (χ1n) is 9.00. The fourth-order valence-electron chi connectivity index (χ4n) is 3.30. The van der Waals surface area contributed by atoms with Gasteiger partial charge in [-0.2, -0.15) is 0 Å². The van der Waals surface area contributed by atoms with Gasteiger partial charge in [-0.15, -0.1) is 0 Å². The van der Waals surface area contributed by atoms with E-state index in [9.17, 15) is 0 Å². The molecule has 2 aliphatic rings. The molecule has 0 aromatic heterocycles. The standard InChI is InChI=1S/C22H23NO3/c23-19-9-4-8-18(14-19)15-20-11-13-22(25-20)12-5-10-21(26-22)24-16-17-6-2-1-3-7-17/h1-4,6-9,11,13-15,21H,5,10,12,16,23H2/b20-15-. The van der Waals surface area contributed by atoms with Crippen molar-refractivity contribution in [2.24, 2.45) is 0 Å². The summed E-state index contributed by atoms with van der Waals surface area (Å²) in [6, 6.07) is 17.8. The Morgan fingerprint density at radius 1 is 1.15 bits per heavy atom. The Hall–Kier alpha value is -2.56. The maximum atomic E-state index is 6.15. The van der Waals surface area contributed by atoms with Gasteiger partial charge in [0.2, 0.25) is 5.79 Å². The molecule has 4 rings (SSSR count). The summed E-state index contributed by atoms with van der Waals surface area (Å²) in [6.07, 6.45) is 8.35. The molecular weight excluding hydrogens is 326 g/mol. The highest BCUT2D eigenvalue weighted by molar-refractivity contribution is 5.59. The lowest BCUT2D eigenvalue weighted by atomic mass is 10.1. The van der Waals surface area contributed by atoms with Gasteiger partial charge in [0.25, 0.3) is 0 Å². The SMILES string of the molecule is Nc1cccc(/C=C2/C=CC3(CCCC(OCc4ccccc4)O3)O2)c1. The van der Waals surface area contributed by atoms with Gasteiger partial charge in [0.15, 0.2) is 6.29 Å². The molecule has 2 atom stereocenters. The summed E-state index contributed by atoms with van der Waals surface area (Å²) in [7, 11) is 0. The minimum absolute atomic E-state index is 0.264. The molecular formula is C22H23NO3. The Morgan fingerprint density at radius 3 is 2.88 bits per heavy atom. The Kier molecular flexibility index (Phi) is 4.78. The lowest BCUT2D eigenvalue weighted by molar-refractivity contribution is -0.294. The van der Waals surface area contributed by atoms with Crippen LogP contribution in [0.25, 0.3) is 6.08 Å². The maximum absolute atomic E-state index is 6.15. The van der Waals surface area contributed by atoms with Crippen LogP contribution in [0.2, 0.25) is 0 Å². The van der Waals surface area contributed by atoms with Crippen LogP contribution in [-0.2, 0) is 20.8 Å². The lowest BCUT2D eigenvalue weighted by Crippen LogP contribution is -2.40. The molecule has 1 fully saturated rings. The van der Waals surface area contributed by atoms with Crippen LogP contribution < -0.4 is 5.73 Å². The highest BCUT2D eigenvalue weighted by atomic mass is 16.8. The number of hydrogen-bond donors (Lipinski definition) is 1. The quantitative estimate of drug-likeness (QED) is 0.817. The van der Waals surface area contributed by atoms with Crippen molar-refractivity contribution in [3.05, 3.63) is 83.6 Å². The topological polar surface area (TPSA) is 53.7 Å². The Bertz CT molecular complexity index is 815. The number of benzene rings is 2. The van der Waals surface area contributed by atoms with E-state index in [1.165, 1.54) is 0 Å². The van der Waals surface area contributed by atoms with E-state index >= 15 is 0 Å². The van der Waals surface area contributed by atoms with Crippen LogP contribution in [0.4, 0.5) is 5.69 Å². The normalized spacial score (nSPS) is 26.3. The van der Waals surface area contributed by atoms with Crippen molar-refractivity contribution in [2.45, 2.75) is 37.9 Å². The van der Waals surface area contributed by atoms with Crippen molar-refractivity contribution < 1.29 is 14.2 Å². The van der Waals surface area contributed by atoms with Crippen LogP contribution in [-0.4, -0.2) is 12.1 Å². The van der Waals surface area contributed by atoms with Gasteiger partial charge in [-0.3, -0.25) is 0 Å². The number of rotatable bonds is 4. The van der Waals surface area contributed by atoms with E-state index in [1.807, 2.05) is 60.7 Å². The molecule has 0 aliphatic carbocycles. The average Bonchev–Trinajstić information content (AvgIpc) is 3.02. The second-order valence-corrected chi connectivity index (χ2v) is 6.70. The first kappa shape index (κ1) is 16.9. The van der Waals surface area contributed by atoms with E-state index < -0.39 is 5.79 Å². The summed E-state index contributed by atoms with van der Waals surface area (Å²) in [5.41, 5.74) is 8.72. The number of ether oxygens (including phenoxy) is 3. The maximum Gasteiger partial charge on any atom is 0.233 e. The molecule has 4 nitrogen and oxygen atoms in total. The molecule has 0 amide bonds.